The summed E-state index contributed by atoms with van der Waals surface area (Å²) in [5.74, 6) is -0.722. The van der Waals surface area contributed by atoms with Crippen molar-refractivity contribution < 1.29 is 14.4 Å². The molecule has 1 aliphatic carbocycles. The number of rotatable bonds is 4. The topological polar surface area (TPSA) is 99.0 Å². The highest BCUT2D eigenvalue weighted by molar-refractivity contribution is 6.05. The van der Waals surface area contributed by atoms with Gasteiger partial charge in [-0.15, -0.1) is 0 Å². The summed E-state index contributed by atoms with van der Waals surface area (Å²) in [7, 11) is 0. The fourth-order valence-electron chi connectivity index (χ4n) is 5.65. The number of fused-ring (bicyclic) bond motifs is 1. The molecule has 2 saturated heterocycles. The number of nitrogens with two attached hydrogens (primary N) is 1. The molecule has 0 aromatic heterocycles. The molecule has 5 rings (SSSR count). The van der Waals surface area contributed by atoms with Gasteiger partial charge in [0, 0.05) is 63.3 Å². The predicted octanol–water partition coefficient (Wildman–Crippen LogP) is 0.445. The summed E-state index contributed by atoms with van der Waals surface area (Å²) in [4.78, 5) is 43.5. The van der Waals surface area contributed by atoms with Gasteiger partial charge in [0.05, 0.1) is 0 Å². The van der Waals surface area contributed by atoms with Crippen molar-refractivity contribution in [3.63, 3.8) is 0 Å². The molecular formula is C23H31N5O3. The molecule has 31 heavy (non-hydrogen) atoms. The Morgan fingerprint density at radius 2 is 1.84 bits per heavy atom. The van der Waals surface area contributed by atoms with E-state index in [0.717, 1.165) is 56.7 Å². The van der Waals surface area contributed by atoms with E-state index in [9.17, 15) is 14.4 Å². The van der Waals surface area contributed by atoms with Gasteiger partial charge in [0.15, 0.2) is 0 Å². The van der Waals surface area contributed by atoms with E-state index in [2.05, 4.69) is 21.2 Å². The quantitative estimate of drug-likeness (QED) is 0.680. The van der Waals surface area contributed by atoms with Crippen LogP contribution in [0.4, 0.5) is 0 Å². The minimum atomic E-state index is -0.563. The molecule has 1 aromatic carbocycles. The number of piperazine rings is 1. The number of piperidine rings is 1. The third-order valence-electron chi connectivity index (χ3n) is 7.44. The summed E-state index contributed by atoms with van der Waals surface area (Å²) in [6.45, 7) is 5.41. The smallest absolute Gasteiger partial charge is 0.255 e. The summed E-state index contributed by atoms with van der Waals surface area (Å²) in [5.41, 5.74) is 8.98. The second-order valence-electron chi connectivity index (χ2n) is 9.38. The Labute approximate surface area is 182 Å². The van der Waals surface area contributed by atoms with Gasteiger partial charge >= 0.3 is 0 Å². The Morgan fingerprint density at radius 1 is 1.03 bits per heavy atom. The molecule has 0 radical (unpaired) electrons. The van der Waals surface area contributed by atoms with Crippen LogP contribution in [0.1, 0.15) is 53.6 Å². The standard InChI is InChI=1S/C23H31N5O3/c24-16-4-5-17(12-16)27-10-8-26(9-11-27)13-15-2-1-3-18-19(15)14-28(23(18)31)20-6-7-21(29)25-22(20)30/h1-3,16-17,20H,4-14,24H2,(H,25,29,30). The lowest BCUT2D eigenvalue weighted by Crippen LogP contribution is -2.52. The zero-order valence-corrected chi connectivity index (χ0v) is 17.9. The summed E-state index contributed by atoms with van der Waals surface area (Å²) in [6.07, 6.45) is 4.14. The number of nitrogens with one attached hydrogen (secondary N) is 1. The van der Waals surface area contributed by atoms with Crippen molar-refractivity contribution in [2.75, 3.05) is 26.2 Å². The number of hydrogen-bond donors (Lipinski definition) is 2. The van der Waals surface area contributed by atoms with Gasteiger partial charge in [-0.2, -0.15) is 0 Å². The number of nitrogens with zero attached hydrogens (tertiary/aromatic N) is 3. The van der Waals surface area contributed by atoms with Crippen LogP contribution in [0.3, 0.4) is 0 Å². The van der Waals surface area contributed by atoms with Crippen LogP contribution in [0.5, 0.6) is 0 Å². The number of carbonyl (C=O) groups excluding carboxylic acids is 3. The van der Waals surface area contributed by atoms with Gasteiger partial charge in [0.1, 0.15) is 6.04 Å². The Morgan fingerprint density at radius 3 is 2.55 bits per heavy atom. The van der Waals surface area contributed by atoms with Crippen LogP contribution in [0.15, 0.2) is 18.2 Å². The predicted molar refractivity (Wildman–Crippen MR) is 115 cm³/mol. The lowest BCUT2D eigenvalue weighted by atomic mass is 10.0. The second kappa shape index (κ2) is 8.33. The highest BCUT2D eigenvalue weighted by atomic mass is 16.2. The highest BCUT2D eigenvalue weighted by Gasteiger charge is 2.40. The van der Waals surface area contributed by atoms with Crippen molar-refractivity contribution in [2.24, 2.45) is 5.73 Å². The van der Waals surface area contributed by atoms with E-state index in [1.165, 1.54) is 6.42 Å². The molecule has 1 saturated carbocycles. The maximum absolute atomic E-state index is 13.0. The summed E-state index contributed by atoms with van der Waals surface area (Å²) < 4.78 is 0. The molecule has 3 N–H and O–H groups in total. The highest BCUT2D eigenvalue weighted by Crippen LogP contribution is 2.31. The van der Waals surface area contributed by atoms with Crippen LogP contribution in [-0.4, -0.2) is 76.7 Å². The third-order valence-corrected chi connectivity index (χ3v) is 7.44. The maximum atomic E-state index is 13.0. The zero-order valence-electron chi connectivity index (χ0n) is 17.9. The Bertz CT molecular complexity index is 895. The van der Waals surface area contributed by atoms with Gasteiger partial charge in [0.25, 0.3) is 5.91 Å². The van der Waals surface area contributed by atoms with E-state index in [-0.39, 0.29) is 24.1 Å². The molecule has 166 valence electrons. The van der Waals surface area contributed by atoms with E-state index in [1.807, 2.05) is 12.1 Å². The van der Waals surface area contributed by atoms with Crippen molar-refractivity contribution in [1.29, 1.82) is 0 Å². The van der Waals surface area contributed by atoms with E-state index in [0.29, 0.717) is 30.6 Å². The molecule has 3 aliphatic heterocycles. The average Bonchev–Trinajstić information content (AvgIpc) is 3.33. The molecule has 8 nitrogen and oxygen atoms in total. The summed E-state index contributed by atoms with van der Waals surface area (Å²) in [6, 6.07) is 6.33. The van der Waals surface area contributed by atoms with Crippen LogP contribution in [-0.2, 0) is 22.7 Å². The van der Waals surface area contributed by atoms with Gasteiger partial charge in [-0.05, 0) is 42.9 Å². The molecule has 1 aromatic rings. The van der Waals surface area contributed by atoms with E-state index >= 15 is 0 Å². The second-order valence-corrected chi connectivity index (χ2v) is 9.38. The summed E-state index contributed by atoms with van der Waals surface area (Å²) in [5, 5.41) is 2.37. The minimum Gasteiger partial charge on any atom is -0.328 e. The van der Waals surface area contributed by atoms with Crippen LogP contribution >= 0.6 is 0 Å². The largest absolute Gasteiger partial charge is 0.328 e. The van der Waals surface area contributed by atoms with Crippen molar-refractivity contribution in [2.45, 2.75) is 63.3 Å². The van der Waals surface area contributed by atoms with Crippen molar-refractivity contribution >= 4 is 17.7 Å². The number of imide groups is 1. The molecule has 3 atom stereocenters. The molecule has 4 aliphatic rings. The summed E-state index contributed by atoms with van der Waals surface area (Å²) >= 11 is 0. The molecule has 3 fully saturated rings. The number of hydrogen-bond acceptors (Lipinski definition) is 6. The third kappa shape index (κ3) is 4.00. The Kier molecular flexibility index (Phi) is 5.54. The molecule has 3 amide bonds. The average molecular weight is 426 g/mol. The molecular weight excluding hydrogens is 394 g/mol. The molecule has 0 bridgehead atoms. The van der Waals surface area contributed by atoms with Crippen LogP contribution in [0.2, 0.25) is 0 Å². The van der Waals surface area contributed by atoms with Crippen LogP contribution in [0.25, 0.3) is 0 Å². The molecule has 0 spiro atoms. The van der Waals surface area contributed by atoms with Crippen molar-refractivity contribution in [1.82, 2.24) is 20.0 Å². The lowest BCUT2D eigenvalue weighted by molar-refractivity contribution is -0.136. The van der Waals surface area contributed by atoms with Crippen molar-refractivity contribution in [3.8, 4) is 0 Å². The first-order chi connectivity index (χ1) is 15.0. The first-order valence-corrected chi connectivity index (χ1v) is 11.5. The number of amides is 3. The van der Waals surface area contributed by atoms with E-state index in [4.69, 9.17) is 5.73 Å². The molecule has 3 unspecified atom stereocenters. The van der Waals surface area contributed by atoms with Gasteiger partial charge in [-0.3, -0.25) is 29.5 Å². The van der Waals surface area contributed by atoms with Gasteiger partial charge in [-0.1, -0.05) is 12.1 Å². The Hall–Kier alpha value is -2.29. The number of carbonyl (C=O) groups is 3. The van der Waals surface area contributed by atoms with Crippen molar-refractivity contribution in [3.05, 3.63) is 34.9 Å². The molecule has 8 heteroatoms. The van der Waals surface area contributed by atoms with Gasteiger partial charge < -0.3 is 10.6 Å². The van der Waals surface area contributed by atoms with Crippen LogP contribution < -0.4 is 11.1 Å². The van der Waals surface area contributed by atoms with Gasteiger partial charge in [0.2, 0.25) is 11.8 Å². The van der Waals surface area contributed by atoms with Gasteiger partial charge in [-0.25, -0.2) is 0 Å². The lowest BCUT2D eigenvalue weighted by Gasteiger charge is -2.38. The molecule has 3 heterocycles. The first-order valence-electron chi connectivity index (χ1n) is 11.5. The zero-order chi connectivity index (χ0) is 21.5. The fraction of sp³-hybridized carbons (Fsp3) is 0.609. The monoisotopic (exact) mass is 425 g/mol. The van der Waals surface area contributed by atoms with E-state index in [1.54, 1.807) is 4.90 Å². The normalized spacial score (nSPS) is 30.0. The SMILES string of the molecule is NC1CCC(N2CCN(Cc3cccc4c3CN(C3CCC(=O)NC3=O)C4=O)CC2)C1. The number of benzene rings is 1. The minimum absolute atomic E-state index is 0.103. The first kappa shape index (κ1) is 20.6. The maximum Gasteiger partial charge on any atom is 0.255 e. The fourth-order valence-corrected chi connectivity index (χ4v) is 5.65. The Balaban J connectivity index is 1.24. The van der Waals surface area contributed by atoms with Crippen LogP contribution in [0, 0.1) is 0 Å². The van der Waals surface area contributed by atoms with E-state index < -0.39 is 6.04 Å².